The molecule has 0 aromatic rings. The monoisotopic (exact) mass is 650 g/mol. The van der Waals surface area contributed by atoms with Crippen molar-refractivity contribution in [2.75, 3.05) is 13.2 Å². The molecule has 0 radical (unpaired) electrons. The van der Waals surface area contributed by atoms with E-state index in [1.807, 2.05) is 6.92 Å². The van der Waals surface area contributed by atoms with Gasteiger partial charge in [-0.3, -0.25) is 24.0 Å². The Labute approximate surface area is 270 Å². The van der Waals surface area contributed by atoms with Gasteiger partial charge in [0.2, 0.25) is 0 Å². The molecule has 0 bridgehead atoms. The maximum absolute atomic E-state index is 12.4. The van der Waals surface area contributed by atoms with E-state index in [1.165, 1.54) is 33.3 Å². The van der Waals surface area contributed by atoms with Gasteiger partial charge in [-0.15, -0.1) is 0 Å². The fourth-order valence-electron chi connectivity index (χ4n) is 8.69. The molecule has 0 spiro atoms. The molecule has 3 fully saturated rings. The van der Waals surface area contributed by atoms with Crippen molar-refractivity contribution in [1.29, 1.82) is 0 Å². The molecular formula is C34H50O12. The number of esters is 4. The van der Waals surface area contributed by atoms with Gasteiger partial charge < -0.3 is 33.5 Å². The van der Waals surface area contributed by atoms with Gasteiger partial charge in [0.05, 0.1) is 12.0 Å². The minimum absolute atomic E-state index is 0.0539. The Morgan fingerprint density at radius 1 is 0.870 bits per heavy atom. The summed E-state index contributed by atoms with van der Waals surface area (Å²) in [5.74, 6) is -2.90. The van der Waals surface area contributed by atoms with Crippen LogP contribution in [0.25, 0.3) is 0 Å². The Bertz CT molecular complexity index is 1230. The maximum Gasteiger partial charge on any atom is 0.309 e. The number of rotatable bonds is 10. The van der Waals surface area contributed by atoms with Crippen molar-refractivity contribution in [2.24, 2.45) is 28.1 Å². The van der Waals surface area contributed by atoms with Crippen LogP contribution in [0, 0.1) is 28.1 Å². The lowest BCUT2D eigenvalue weighted by atomic mass is 9.45. The Hall–Kier alpha value is -2.99. The molecule has 4 rings (SSSR count). The van der Waals surface area contributed by atoms with E-state index in [0.717, 1.165) is 38.5 Å². The highest BCUT2D eigenvalue weighted by atomic mass is 16.7. The molecule has 0 aromatic heterocycles. The zero-order valence-corrected chi connectivity index (χ0v) is 28.1. The normalized spacial score (nSPS) is 38.7. The first kappa shape index (κ1) is 35.9. The summed E-state index contributed by atoms with van der Waals surface area (Å²) >= 11 is 0. The van der Waals surface area contributed by atoms with Crippen LogP contribution in [-0.2, 0) is 52.4 Å². The average molecular weight is 651 g/mol. The average Bonchev–Trinajstić information content (AvgIpc) is 2.93. The number of carboxylic acids is 1. The first-order valence-corrected chi connectivity index (χ1v) is 16.3. The van der Waals surface area contributed by atoms with E-state index in [-0.39, 0.29) is 30.0 Å². The highest BCUT2D eigenvalue weighted by Gasteiger charge is 2.58. The van der Waals surface area contributed by atoms with E-state index in [2.05, 4.69) is 19.9 Å². The zero-order valence-electron chi connectivity index (χ0n) is 28.1. The van der Waals surface area contributed by atoms with Crippen molar-refractivity contribution in [2.45, 2.75) is 131 Å². The number of fused-ring (bicyclic) bond motifs is 3. The third-order valence-corrected chi connectivity index (χ3v) is 10.9. The third-order valence-electron chi connectivity index (χ3n) is 10.9. The van der Waals surface area contributed by atoms with E-state index in [9.17, 15) is 29.1 Å². The van der Waals surface area contributed by atoms with Crippen LogP contribution in [-0.4, -0.2) is 78.9 Å². The summed E-state index contributed by atoms with van der Waals surface area (Å²) in [5.41, 5.74) is 0.527. The molecule has 12 nitrogen and oxygen atoms in total. The van der Waals surface area contributed by atoms with Crippen LogP contribution in [0.5, 0.6) is 0 Å². The largest absolute Gasteiger partial charge is 0.481 e. The van der Waals surface area contributed by atoms with Crippen molar-refractivity contribution in [3.8, 4) is 0 Å². The summed E-state index contributed by atoms with van der Waals surface area (Å²) in [6, 6.07) is 0. The second-order valence-electron chi connectivity index (χ2n) is 14.4. The zero-order chi connectivity index (χ0) is 34.0. The number of ether oxygens (including phenoxy) is 6. The van der Waals surface area contributed by atoms with Gasteiger partial charge in [-0.2, -0.15) is 0 Å². The van der Waals surface area contributed by atoms with Gasteiger partial charge in [0, 0.05) is 27.7 Å². The van der Waals surface area contributed by atoms with Gasteiger partial charge in [0.25, 0.3) is 0 Å². The summed E-state index contributed by atoms with van der Waals surface area (Å²) in [6.07, 6.45) is 3.11. The van der Waals surface area contributed by atoms with Gasteiger partial charge in [0.15, 0.2) is 24.6 Å². The van der Waals surface area contributed by atoms with Crippen LogP contribution < -0.4 is 0 Å². The molecule has 1 heterocycles. The molecule has 258 valence electrons. The van der Waals surface area contributed by atoms with E-state index in [4.69, 9.17) is 28.4 Å². The van der Waals surface area contributed by atoms with Crippen LogP contribution in [0.4, 0.5) is 0 Å². The van der Waals surface area contributed by atoms with Gasteiger partial charge >= 0.3 is 29.8 Å². The molecule has 0 amide bonds. The Morgan fingerprint density at radius 3 is 2.11 bits per heavy atom. The second kappa shape index (κ2) is 14.0. The lowest BCUT2D eigenvalue weighted by Crippen LogP contribution is -2.63. The minimum atomic E-state index is -1.27. The van der Waals surface area contributed by atoms with Gasteiger partial charge in [0.1, 0.15) is 12.7 Å². The second-order valence-corrected chi connectivity index (χ2v) is 14.4. The van der Waals surface area contributed by atoms with Crippen molar-refractivity contribution in [3.05, 3.63) is 11.6 Å². The van der Waals surface area contributed by atoms with Crippen LogP contribution in [0.15, 0.2) is 11.6 Å². The van der Waals surface area contributed by atoms with Gasteiger partial charge in [-0.25, -0.2) is 0 Å². The molecule has 10 atom stereocenters. The first-order chi connectivity index (χ1) is 21.5. The van der Waals surface area contributed by atoms with Crippen LogP contribution in [0.2, 0.25) is 0 Å². The minimum Gasteiger partial charge on any atom is -0.481 e. The predicted molar refractivity (Wildman–Crippen MR) is 162 cm³/mol. The van der Waals surface area contributed by atoms with Crippen LogP contribution in [0.3, 0.4) is 0 Å². The molecule has 1 aliphatic heterocycles. The lowest BCUT2D eigenvalue weighted by Gasteiger charge is -2.58. The van der Waals surface area contributed by atoms with Crippen molar-refractivity contribution in [3.63, 3.8) is 0 Å². The molecule has 1 saturated heterocycles. The van der Waals surface area contributed by atoms with Gasteiger partial charge in [-0.05, 0) is 74.5 Å². The Morgan fingerprint density at radius 2 is 1.50 bits per heavy atom. The molecular weight excluding hydrogens is 600 g/mol. The van der Waals surface area contributed by atoms with Crippen LogP contribution in [0.1, 0.15) is 99.8 Å². The highest BCUT2D eigenvalue weighted by Crippen LogP contribution is 2.64. The molecule has 1 N–H and O–H groups in total. The summed E-state index contributed by atoms with van der Waals surface area (Å²) in [4.78, 5) is 60.2. The molecule has 0 aromatic carbocycles. The number of aliphatic carboxylic acids is 1. The summed E-state index contributed by atoms with van der Waals surface area (Å²) < 4.78 is 33.9. The van der Waals surface area contributed by atoms with Crippen molar-refractivity contribution >= 4 is 29.8 Å². The first-order valence-electron chi connectivity index (χ1n) is 16.3. The van der Waals surface area contributed by atoms with Crippen molar-refractivity contribution in [1.82, 2.24) is 0 Å². The highest BCUT2D eigenvalue weighted by molar-refractivity contribution is 5.75. The molecule has 46 heavy (non-hydrogen) atoms. The summed E-state index contributed by atoms with van der Waals surface area (Å²) in [5, 5.41) is 10.1. The Balaban J connectivity index is 1.49. The number of carbonyl (C=O) groups is 5. The smallest absolute Gasteiger partial charge is 0.309 e. The molecule has 2 saturated carbocycles. The SMILES string of the molecule is CC(=O)OCC1OC(OCC[C@@]2(C)CC[C@H]3C(=CC[C@@H]4[C@]3(C)CCC[C@]4(C)C(=O)O)C2)C(OC(C)=O)C(OC(C)=O)C1OC(C)=O. The fourth-order valence-corrected chi connectivity index (χ4v) is 8.69. The third kappa shape index (κ3) is 7.59. The lowest BCUT2D eigenvalue weighted by molar-refractivity contribution is -0.309. The fraction of sp³-hybridized carbons (Fsp3) is 0.794. The standard InChI is InChI=1S/C34H50O12/c1-19(35)42-18-25-27(43-20(2)36)28(44-21(3)37)29(45-22(4)38)30(46-25)41-16-15-32(5)14-11-24-23(17-32)9-10-26-33(24,6)12-8-13-34(26,7)31(39)40/h9,24-30H,8,10-18H2,1-7H3,(H,39,40)/t24-,25?,26+,27?,28?,29?,30?,32+,33+,34-/m0/s1. The Kier molecular flexibility index (Phi) is 10.9. The molecule has 3 aliphatic carbocycles. The summed E-state index contributed by atoms with van der Waals surface area (Å²) in [6.45, 7) is 11.1. The molecule has 12 heteroatoms. The van der Waals surface area contributed by atoms with E-state index < -0.39 is 66.0 Å². The van der Waals surface area contributed by atoms with Crippen LogP contribution >= 0.6 is 0 Å². The quantitative estimate of drug-likeness (QED) is 0.200. The van der Waals surface area contributed by atoms with Crippen molar-refractivity contribution < 1.29 is 57.5 Å². The van der Waals surface area contributed by atoms with E-state index in [0.29, 0.717) is 18.8 Å². The number of carbonyl (C=O) groups excluding carboxylic acids is 4. The number of carboxylic acid groups (broad SMARTS) is 1. The van der Waals surface area contributed by atoms with E-state index in [1.54, 1.807) is 0 Å². The predicted octanol–water partition coefficient (Wildman–Crippen LogP) is 4.51. The molecule has 4 aliphatic rings. The number of hydrogen-bond acceptors (Lipinski definition) is 11. The van der Waals surface area contributed by atoms with Gasteiger partial charge in [-0.1, -0.05) is 31.9 Å². The summed E-state index contributed by atoms with van der Waals surface area (Å²) in [7, 11) is 0. The number of allylic oxidation sites excluding steroid dienone is 2. The molecule has 5 unspecified atom stereocenters. The van der Waals surface area contributed by atoms with E-state index >= 15 is 0 Å². The maximum atomic E-state index is 12.4. The number of hydrogen-bond donors (Lipinski definition) is 1. The topological polar surface area (TPSA) is 161 Å².